The van der Waals surface area contributed by atoms with E-state index in [9.17, 15) is 4.79 Å². The van der Waals surface area contributed by atoms with Gasteiger partial charge in [0.25, 0.3) is 0 Å². The van der Waals surface area contributed by atoms with Crippen molar-refractivity contribution < 1.29 is 9.53 Å². The highest BCUT2D eigenvalue weighted by Gasteiger charge is 2.21. The summed E-state index contributed by atoms with van der Waals surface area (Å²) in [6, 6.07) is 4.14. The lowest BCUT2D eigenvalue weighted by molar-refractivity contribution is 0.0527. The van der Waals surface area contributed by atoms with E-state index < -0.39 is 5.97 Å². The van der Waals surface area contributed by atoms with Crippen molar-refractivity contribution in [3.63, 3.8) is 0 Å². The predicted octanol–water partition coefficient (Wildman–Crippen LogP) is 2.21. The standard InChI is InChI=1S/C22H29N7O2/c1-5-31-22(30)17-14-25-21-19(15(2)26-28(21)4)20(17)24-13-16-6-7-18(23-12-16)29-10-8-27(3)9-11-29/h6-7,12,14H,5,8-11,13H2,1-4H3,(H,24,25). The second-order valence-corrected chi connectivity index (χ2v) is 7.84. The van der Waals surface area contributed by atoms with Gasteiger partial charge < -0.3 is 19.9 Å². The third-order valence-corrected chi connectivity index (χ3v) is 5.63. The monoisotopic (exact) mass is 423 g/mol. The number of anilines is 2. The molecule has 0 unspecified atom stereocenters. The molecule has 1 aliphatic heterocycles. The van der Waals surface area contributed by atoms with Crippen LogP contribution in [0.5, 0.6) is 0 Å². The molecule has 0 amide bonds. The number of hydrogen-bond donors (Lipinski definition) is 1. The van der Waals surface area contributed by atoms with Crippen LogP contribution in [-0.2, 0) is 18.3 Å². The molecule has 0 bridgehead atoms. The molecule has 1 N–H and O–H groups in total. The molecule has 0 atom stereocenters. The first-order chi connectivity index (χ1) is 15.0. The molecule has 0 radical (unpaired) electrons. The van der Waals surface area contributed by atoms with Crippen LogP contribution in [-0.4, -0.2) is 70.5 Å². The smallest absolute Gasteiger partial charge is 0.341 e. The number of carbonyl (C=O) groups is 1. The van der Waals surface area contributed by atoms with Crippen molar-refractivity contribution in [2.45, 2.75) is 20.4 Å². The summed E-state index contributed by atoms with van der Waals surface area (Å²) in [6.45, 7) is 8.60. The largest absolute Gasteiger partial charge is 0.462 e. The van der Waals surface area contributed by atoms with Gasteiger partial charge in [0, 0.05) is 52.2 Å². The van der Waals surface area contributed by atoms with E-state index in [1.165, 1.54) is 0 Å². The number of nitrogens with zero attached hydrogens (tertiary/aromatic N) is 6. The molecule has 0 saturated carbocycles. The van der Waals surface area contributed by atoms with E-state index in [2.05, 4.69) is 49.4 Å². The number of ether oxygens (including phenoxy) is 1. The molecule has 4 heterocycles. The molecule has 0 aliphatic carbocycles. The van der Waals surface area contributed by atoms with Crippen LogP contribution in [0.2, 0.25) is 0 Å². The zero-order chi connectivity index (χ0) is 22.0. The number of pyridine rings is 2. The molecule has 164 valence electrons. The Bertz CT molecular complexity index is 1070. The highest BCUT2D eigenvalue weighted by Crippen LogP contribution is 2.29. The van der Waals surface area contributed by atoms with Gasteiger partial charge >= 0.3 is 5.97 Å². The van der Waals surface area contributed by atoms with Gasteiger partial charge in [0.15, 0.2) is 5.65 Å². The molecule has 9 heteroatoms. The van der Waals surface area contributed by atoms with Crippen LogP contribution in [0.15, 0.2) is 24.5 Å². The lowest BCUT2D eigenvalue weighted by Crippen LogP contribution is -2.44. The van der Waals surface area contributed by atoms with E-state index in [1.54, 1.807) is 17.8 Å². The molecule has 1 fully saturated rings. The van der Waals surface area contributed by atoms with E-state index in [0.29, 0.717) is 24.4 Å². The molecule has 9 nitrogen and oxygen atoms in total. The van der Waals surface area contributed by atoms with Gasteiger partial charge in [-0.15, -0.1) is 0 Å². The number of esters is 1. The molecule has 0 spiro atoms. The predicted molar refractivity (Wildman–Crippen MR) is 120 cm³/mol. The van der Waals surface area contributed by atoms with Gasteiger partial charge in [0.05, 0.1) is 23.4 Å². The normalized spacial score (nSPS) is 14.8. The van der Waals surface area contributed by atoms with E-state index in [1.807, 2.05) is 20.2 Å². The van der Waals surface area contributed by atoms with Crippen LogP contribution >= 0.6 is 0 Å². The number of nitrogens with one attached hydrogen (secondary N) is 1. The lowest BCUT2D eigenvalue weighted by atomic mass is 10.1. The van der Waals surface area contributed by atoms with Crippen LogP contribution in [0.4, 0.5) is 11.5 Å². The van der Waals surface area contributed by atoms with Crippen molar-refractivity contribution in [3.05, 3.63) is 41.3 Å². The van der Waals surface area contributed by atoms with Gasteiger partial charge in [0.2, 0.25) is 0 Å². The molecule has 4 rings (SSSR count). The SMILES string of the molecule is CCOC(=O)c1cnc2c(c(C)nn2C)c1NCc1ccc(N2CCN(C)CC2)nc1. The Balaban J connectivity index is 1.56. The maximum Gasteiger partial charge on any atom is 0.341 e. The second kappa shape index (κ2) is 8.89. The fourth-order valence-corrected chi connectivity index (χ4v) is 3.89. The van der Waals surface area contributed by atoms with Crippen LogP contribution < -0.4 is 10.2 Å². The summed E-state index contributed by atoms with van der Waals surface area (Å²) in [5.41, 5.74) is 3.66. The van der Waals surface area contributed by atoms with Crippen molar-refractivity contribution in [3.8, 4) is 0 Å². The Morgan fingerprint density at radius 2 is 1.90 bits per heavy atom. The summed E-state index contributed by atoms with van der Waals surface area (Å²) in [7, 11) is 3.99. The Labute approximate surface area is 182 Å². The molecule has 0 aromatic carbocycles. The number of aryl methyl sites for hydroxylation is 2. The number of aromatic nitrogens is 4. The lowest BCUT2D eigenvalue weighted by Gasteiger charge is -2.33. The van der Waals surface area contributed by atoms with Crippen molar-refractivity contribution in [2.75, 3.05) is 50.1 Å². The van der Waals surface area contributed by atoms with E-state index in [0.717, 1.165) is 54.3 Å². The first kappa shape index (κ1) is 21.0. The first-order valence-corrected chi connectivity index (χ1v) is 10.6. The molecular weight excluding hydrogens is 394 g/mol. The van der Waals surface area contributed by atoms with Crippen LogP contribution in [0, 0.1) is 6.92 Å². The average Bonchev–Trinajstić information content (AvgIpc) is 3.07. The molecule has 3 aromatic heterocycles. The number of hydrogen-bond acceptors (Lipinski definition) is 8. The second-order valence-electron chi connectivity index (χ2n) is 7.84. The minimum absolute atomic E-state index is 0.306. The molecule has 3 aromatic rings. The van der Waals surface area contributed by atoms with Crippen LogP contribution in [0.25, 0.3) is 11.0 Å². The van der Waals surface area contributed by atoms with Gasteiger partial charge in [-0.1, -0.05) is 6.07 Å². The van der Waals surface area contributed by atoms with Gasteiger partial charge in [-0.2, -0.15) is 5.10 Å². The van der Waals surface area contributed by atoms with Crippen molar-refractivity contribution in [1.29, 1.82) is 0 Å². The molecule has 31 heavy (non-hydrogen) atoms. The number of fused-ring (bicyclic) bond motifs is 1. The van der Waals surface area contributed by atoms with Crippen LogP contribution in [0.3, 0.4) is 0 Å². The highest BCUT2D eigenvalue weighted by molar-refractivity contribution is 6.05. The number of rotatable bonds is 6. The summed E-state index contributed by atoms with van der Waals surface area (Å²) < 4.78 is 6.96. The maximum absolute atomic E-state index is 12.5. The molecular formula is C22H29N7O2. The minimum Gasteiger partial charge on any atom is -0.462 e. The summed E-state index contributed by atoms with van der Waals surface area (Å²) in [6.07, 6.45) is 3.44. The summed E-state index contributed by atoms with van der Waals surface area (Å²) in [5, 5.41) is 8.71. The maximum atomic E-state index is 12.5. The van der Waals surface area contributed by atoms with Crippen molar-refractivity contribution in [1.82, 2.24) is 24.6 Å². The molecule has 1 saturated heterocycles. The fourth-order valence-electron chi connectivity index (χ4n) is 3.89. The Morgan fingerprint density at radius 3 is 2.58 bits per heavy atom. The number of carbonyl (C=O) groups excluding carboxylic acids is 1. The highest BCUT2D eigenvalue weighted by atomic mass is 16.5. The average molecular weight is 424 g/mol. The van der Waals surface area contributed by atoms with Crippen LogP contribution in [0.1, 0.15) is 28.5 Å². The summed E-state index contributed by atoms with van der Waals surface area (Å²) >= 11 is 0. The minimum atomic E-state index is -0.397. The zero-order valence-electron chi connectivity index (χ0n) is 18.6. The van der Waals surface area contributed by atoms with Gasteiger partial charge in [-0.25, -0.2) is 14.8 Å². The van der Waals surface area contributed by atoms with Gasteiger partial charge in [-0.3, -0.25) is 4.68 Å². The Hall–Kier alpha value is -3.20. The number of likely N-dealkylation sites (N-methyl/N-ethyl adjacent to an activating group) is 1. The van der Waals surface area contributed by atoms with E-state index >= 15 is 0 Å². The van der Waals surface area contributed by atoms with E-state index in [4.69, 9.17) is 4.74 Å². The topological polar surface area (TPSA) is 88.4 Å². The quantitative estimate of drug-likeness (QED) is 0.604. The zero-order valence-corrected chi connectivity index (χ0v) is 18.6. The van der Waals surface area contributed by atoms with E-state index in [-0.39, 0.29) is 0 Å². The van der Waals surface area contributed by atoms with Gasteiger partial charge in [-0.05, 0) is 32.5 Å². The third-order valence-electron chi connectivity index (χ3n) is 5.63. The van der Waals surface area contributed by atoms with Gasteiger partial charge in [0.1, 0.15) is 11.4 Å². The Morgan fingerprint density at radius 1 is 1.13 bits per heavy atom. The van der Waals surface area contributed by atoms with Crippen molar-refractivity contribution in [2.24, 2.45) is 7.05 Å². The fraction of sp³-hybridized carbons (Fsp3) is 0.455. The molecule has 1 aliphatic rings. The summed E-state index contributed by atoms with van der Waals surface area (Å²) in [4.78, 5) is 26.2. The van der Waals surface area contributed by atoms with Crippen molar-refractivity contribution >= 4 is 28.5 Å². The Kier molecular flexibility index (Phi) is 6.03. The third kappa shape index (κ3) is 4.32. The number of piperazine rings is 1. The summed E-state index contributed by atoms with van der Waals surface area (Å²) in [5.74, 6) is 0.602. The first-order valence-electron chi connectivity index (χ1n) is 10.6.